The number of anilines is 1. The lowest BCUT2D eigenvalue weighted by atomic mass is 10.2. The summed E-state index contributed by atoms with van der Waals surface area (Å²) in [5, 5.41) is 12.1. The standard InChI is InChI=1S/C15H15NO4/c1-19-13-7-6-11(9-14(13)20-2)16-15(18)10-4-3-5-12(17)8-10/h3-9,17H,1-2H3,(H,16,18). The highest BCUT2D eigenvalue weighted by atomic mass is 16.5. The molecule has 2 aromatic rings. The molecule has 2 aromatic carbocycles. The van der Waals surface area contributed by atoms with Crippen molar-refractivity contribution in [1.29, 1.82) is 0 Å². The number of rotatable bonds is 4. The van der Waals surface area contributed by atoms with Gasteiger partial charge in [0.25, 0.3) is 5.91 Å². The monoisotopic (exact) mass is 273 g/mol. The Morgan fingerprint density at radius 3 is 2.45 bits per heavy atom. The fourth-order valence-electron chi connectivity index (χ4n) is 1.76. The van der Waals surface area contributed by atoms with Gasteiger partial charge in [-0.15, -0.1) is 0 Å². The van der Waals surface area contributed by atoms with Gasteiger partial charge in [-0.25, -0.2) is 0 Å². The highest BCUT2D eigenvalue weighted by Gasteiger charge is 2.09. The van der Waals surface area contributed by atoms with Crippen LogP contribution < -0.4 is 14.8 Å². The molecule has 0 atom stereocenters. The molecule has 0 bridgehead atoms. The third-order valence-electron chi connectivity index (χ3n) is 2.75. The van der Waals surface area contributed by atoms with Crippen molar-refractivity contribution in [1.82, 2.24) is 0 Å². The Morgan fingerprint density at radius 1 is 1.05 bits per heavy atom. The van der Waals surface area contributed by atoms with E-state index in [0.717, 1.165) is 0 Å². The normalized spacial score (nSPS) is 9.90. The Balaban J connectivity index is 2.19. The number of carbonyl (C=O) groups is 1. The number of phenols is 1. The van der Waals surface area contributed by atoms with E-state index in [1.165, 1.54) is 19.2 Å². The molecule has 0 saturated carbocycles. The van der Waals surface area contributed by atoms with Gasteiger partial charge in [0.1, 0.15) is 5.75 Å². The van der Waals surface area contributed by atoms with Gasteiger partial charge < -0.3 is 19.9 Å². The Hall–Kier alpha value is -2.69. The van der Waals surface area contributed by atoms with Crippen molar-refractivity contribution in [3.8, 4) is 17.2 Å². The molecule has 0 saturated heterocycles. The van der Waals surface area contributed by atoms with Crippen molar-refractivity contribution in [3.63, 3.8) is 0 Å². The number of methoxy groups -OCH3 is 2. The molecule has 104 valence electrons. The van der Waals surface area contributed by atoms with Gasteiger partial charge in [0, 0.05) is 17.3 Å². The van der Waals surface area contributed by atoms with E-state index in [2.05, 4.69) is 5.32 Å². The molecule has 0 fully saturated rings. The lowest BCUT2D eigenvalue weighted by molar-refractivity contribution is 0.102. The quantitative estimate of drug-likeness (QED) is 0.898. The molecular formula is C15H15NO4. The molecule has 5 heteroatoms. The van der Waals surface area contributed by atoms with E-state index in [1.807, 2.05) is 0 Å². The SMILES string of the molecule is COc1ccc(NC(=O)c2cccc(O)c2)cc1OC. The third kappa shape index (κ3) is 3.00. The first kappa shape index (κ1) is 13.7. The highest BCUT2D eigenvalue weighted by Crippen LogP contribution is 2.29. The summed E-state index contributed by atoms with van der Waals surface area (Å²) in [5.41, 5.74) is 0.954. The maximum Gasteiger partial charge on any atom is 0.255 e. The summed E-state index contributed by atoms with van der Waals surface area (Å²) in [6.45, 7) is 0. The van der Waals surface area contributed by atoms with Crippen molar-refractivity contribution in [3.05, 3.63) is 48.0 Å². The Bertz CT molecular complexity index is 625. The number of hydrogen-bond acceptors (Lipinski definition) is 4. The van der Waals surface area contributed by atoms with Gasteiger partial charge >= 0.3 is 0 Å². The third-order valence-corrected chi connectivity index (χ3v) is 2.75. The minimum Gasteiger partial charge on any atom is -0.508 e. The van der Waals surface area contributed by atoms with Crippen LogP contribution in [-0.4, -0.2) is 25.2 Å². The van der Waals surface area contributed by atoms with Crippen molar-refractivity contribution < 1.29 is 19.4 Å². The second-order valence-electron chi connectivity index (χ2n) is 4.07. The highest BCUT2D eigenvalue weighted by molar-refractivity contribution is 6.04. The Kier molecular flexibility index (Phi) is 4.10. The fraction of sp³-hybridized carbons (Fsp3) is 0.133. The Morgan fingerprint density at radius 2 is 1.80 bits per heavy atom. The summed E-state index contributed by atoms with van der Waals surface area (Å²) in [4.78, 5) is 12.0. The lowest BCUT2D eigenvalue weighted by Crippen LogP contribution is -2.11. The minimum absolute atomic E-state index is 0.0463. The molecule has 0 spiro atoms. The van der Waals surface area contributed by atoms with Crippen molar-refractivity contribution in [2.45, 2.75) is 0 Å². The average molecular weight is 273 g/mol. The first-order chi connectivity index (χ1) is 9.63. The van der Waals surface area contributed by atoms with E-state index in [9.17, 15) is 9.90 Å². The van der Waals surface area contributed by atoms with Crippen LogP contribution in [0.25, 0.3) is 0 Å². The van der Waals surface area contributed by atoms with Crippen LogP contribution in [0.3, 0.4) is 0 Å². The zero-order valence-corrected chi connectivity index (χ0v) is 11.2. The minimum atomic E-state index is -0.312. The number of ether oxygens (including phenoxy) is 2. The van der Waals surface area contributed by atoms with Crippen LogP contribution in [-0.2, 0) is 0 Å². The van der Waals surface area contributed by atoms with Crippen LogP contribution in [0.2, 0.25) is 0 Å². The van der Waals surface area contributed by atoms with Gasteiger partial charge in [-0.1, -0.05) is 6.07 Å². The molecule has 0 aliphatic rings. The molecule has 0 aliphatic heterocycles. The van der Waals surface area contributed by atoms with Crippen molar-refractivity contribution >= 4 is 11.6 Å². The number of hydrogen-bond donors (Lipinski definition) is 2. The van der Waals surface area contributed by atoms with E-state index >= 15 is 0 Å². The summed E-state index contributed by atoms with van der Waals surface area (Å²) in [6, 6.07) is 11.2. The topological polar surface area (TPSA) is 67.8 Å². The first-order valence-corrected chi connectivity index (χ1v) is 5.96. The number of carbonyl (C=O) groups excluding carboxylic acids is 1. The van der Waals surface area contributed by atoms with Crippen molar-refractivity contribution in [2.24, 2.45) is 0 Å². The fourth-order valence-corrected chi connectivity index (χ4v) is 1.76. The molecule has 0 unspecified atom stereocenters. The predicted octanol–water partition coefficient (Wildman–Crippen LogP) is 2.66. The molecule has 0 radical (unpaired) electrons. The van der Waals surface area contributed by atoms with E-state index in [4.69, 9.17) is 9.47 Å². The summed E-state index contributed by atoms with van der Waals surface area (Å²) in [6.07, 6.45) is 0. The molecule has 0 aliphatic carbocycles. The number of amides is 1. The molecule has 0 aromatic heterocycles. The molecule has 20 heavy (non-hydrogen) atoms. The van der Waals surface area contributed by atoms with Gasteiger partial charge in [-0.2, -0.15) is 0 Å². The second kappa shape index (κ2) is 5.97. The molecular weight excluding hydrogens is 258 g/mol. The molecule has 2 rings (SSSR count). The van der Waals surface area contributed by atoms with Crippen molar-refractivity contribution in [2.75, 3.05) is 19.5 Å². The van der Waals surface area contributed by atoms with E-state index < -0.39 is 0 Å². The van der Waals surface area contributed by atoms with Gasteiger partial charge in [-0.05, 0) is 30.3 Å². The number of aromatic hydroxyl groups is 1. The van der Waals surface area contributed by atoms with Gasteiger partial charge in [0.05, 0.1) is 14.2 Å². The molecule has 5 nitrogen and oxygen atoms in total. The van der Waals surface area contributed by atoms with Gasteiger partial charge in [0.15, 0.2) is 11.5 Å². The zero-order chi connectivity index (χ0) is 14.5. The van der Waals surface area contributed by atoms with Gasteiger partial charge in [0.2, 0.25) is 0 Å². The van der Waals surface area contributed by atoms with E-state index in [1.54, 1.807) is 37.4 Å². The molecule has 0 heterocycles. The van der Waals surface area contributed by atoms with E-state index in [-0.39, 0.29) is 11.7 Å². The maximum atomic E-state index is 12.0. The Labute approximate surface area is 116 Å². The summed E-state index contributed by atoms with van der Waals surface area (Å²) in [5.74, 6) is 0.849. The summed E-state index contributed by atoms with van der Waals surface area (Å²) < 4.78 is 10.3. The molecule has 1 amide bonds. The van der Waals surface area contributed by atoms with Crippen LogP contribution in [0, 0.1) is 0 Å². The summed E-state index contributed by atoms with van der Waals surface area (Å²) >= 11 is 0. The lowest BCUT2D eigenvalue weighted by Gasteiger charge is -2.10. The van der Waals surface area contributed by atoms with Crippen LogP contribution in [0.4, 0.5) is 5.69 Å². The smallest absolute Gasteiger partial charge is 0.255 e. The largest absolute Gasteiger partial charge is 0.508 e. The predicted molar refractivity (Wildman–Crippen MR) is 75.6 cm³/mol. The number of nitrogens with one attached hydrogen (secondary N) is 1. The second-order valence-corrected chi connectivity index (χ2v) is 4.07. The van der Waals surface area contributed by atoms with Crippen LogP contribution >= 0.6 is 0 Å². The van der Waals surface area contributed by atoms with Crippen LogP contribution in [0.1, 0.15) is 10.4 Å². The maximum absolute atomic E-state index is 12.0. The van der Waals surface area contributed by atoms with Crippen LogP contribution in [0.5, 0.6) is 17.2 Å². The first-order valence-electron chi connectivity index (χ1n) is 5.96. The summed E-state index contributed by atoms with van der Waals surface area (Å²) in [7, 11) is 3.07. The average Bonchev–Trinajstić information content (AvgIpc) is 2.47. The van der Waals surface area contributed by atoms with E-state index in [0.29, 0.717) is 22.7 Å². The van der Waals surface area contributed by atoms with Gasteiger partial charge in [-0.3, -0.25) is 4.79 Å². The number of phenolic OH excluding ortho intramolecular Hbond substituents is 1. The zero-order valence-electron chi connectivity index (χ0n) is 11.2. The number of benzene rings is 2. The van der Waals surface area contributed by atoms with Crippen LogP contribution in [0.15, 0.2) is 42.5 Å². The molecule has 2 N–H and O–H groups in total.